The van der Waals surface area contributed by atoms with E-state index in [4.69, 9.17) is 5.73 Å². The topological polar surface area (TPSA) is 55.1 Å². The number of nitrogens with two attached hydrogens (primary N) is 1. The maximum Gasteiger partial charge on any atom is 0.224 e. The lowest BCUT2D eigenvalue weighted by Crippen LogP contribution is -2.11. The molecule has 88 valence electrons. The molecular formula is C12H18N2OS. The van der Waals surface area contributed by atoms with E-state index < -0.39 is 0 Å². The second-order valence-electron chi connectivity index (χ2n) is 3.47. The van der Waals surface area contributed by atoms with Crippen molar-refractivity contribution in [2.24, 2.45) is 0 Å². The smallest absolute Gasteiger partial charge is 0.224 e. The molecule has 3 nitrogen and oxygen atoms in total. The largest absolute Gasteiger partial charge is 0.399 e. The molecule has 0 aliphatic carbocycles. The fourth-order valence-corrected chi connectivity index (χ4v) is 1.91. The van der Waals surface area contributed by atoms with Gasteiger partial charge in [-0.2, -0.15) is 11.8 Å². The molecule has 1 aromatic carbocycles. The van der Waals surface area contributed by atoms with Crippen LogP contribution in [0.25, 0.3) is 0 Å². The lowest BCUT2D eigenvalue weighted by Gasteiger charge is -2.05. The quantitative estimate of drug-likeness (QED) is 0.592. The van der Waals surface area contributed by atoms with Crippen LogP contribution < -0.4 is 11.1 Å². The van der Waals surface area contributed by atoms with E-state index in [2.05, 4.69) is 12.2 Å². The maximum atomic E-state index is 11.5. The SMILES string of the molecule is CCSCCCC(=O)Nc1ccc(N)cc1. The lowest BCUT2D eigenvalue weighted by atomic mass is 10.2. The van der Waals surface area contributed by atoms with Crippen molar-refractivity contribution in [3.05, 3.63) is 24.3 Å². The van der Waals surface area contributed by atoms with E-state index in [0.717, 1.165) is 23.6 Å². The average Bonchev–Trinajstić information content (AvgIpc) is 2.28. The van der Waals surface area contributed by atoms with E-state index in [9.17, 15) is 4.79 Å². The van der Waals surface area contributed by atoms with Gasteiger partial charge in [-0.05, 0) is 42.2 Å². The standard InChI is InChI=1S/C12H18N2OS/c1-2-16-9-3-4-12(15)14-11-7-5-10(13)6-8-11/h5-8H,2-4,9,13H2,1H3,(H,14,15). The summed E-state index contributed by atoms with van der Waals surface area (Å²) in [5, 5.41) is 2.84. The summed E-state index contributed by atoms with van der Waals surface area (Å²) in [4.78, 5) is 11.5. The van der Waals surface area contributed by atoms with Gasteiger partial charge in [0.25, 0.3) is 0 Å². The predicted octanol–water partition coefficient (Wildman–Crippen LogP) is 2.74. The zero-order valence-corrected chi connectivity index (χ0v) is 10.3. The van der Waals surface area contributed by atoms with Crippen LogP contribution in [0.5, 0.6) is 0 Å². The number of anilines is 2. The third-order valence-electron chi connectivity index (χ3n) is 2.09. The lowest BCUT2D eigenvalue weighted by molar-refractivity contribution is -0.116. The number of carbonyl (C=O) groups is 1. The van der Waals surface area contributed by atoms with Crippen molar-refractivity contribution in [3.8, 4) is 0 Å². The van der Waals surface area contributed by atoms with E-state index in [1.54, 1.807) is 12.1 Å². The molecule has 1 rings (SSSR count). The van der Waals surface area contributed by atoms with Crippen molar-refractivity contribution in [1.82, 2.24) is 0 Å². The molecule has 3 N–H and O–H groups in total. The van der Waals surface area contributed by atoms with Crippen LogP contribution in [0.4, 0.5) is 11.4 Å². The van der Waals surface area contributed by atoms with E-state index in [1.165, 1.54) is 0 Å². The van der Waals surface area contributed by atoms with Gasteiger partial charge in [-0.3, -0.25) is 4.79 Å². The Labute approximate surface area is 101 Å². The zero-order chi connectivity index (χ0) is 11.8. The van der Waals surface area contributed by atoms with Gasteiger partial charge in [0, 0.05) is 17.8 Å². The highest BCUT2D eigenvalue weighted by Crippen LogP contribution is 2.11. The fraction of sp³-hybridized carbons (Fsp3) is 0.417. The average molecular weight is 238 g/mol. The summed E-state index contributed by atoms with van der Waals surface area (Å²) in [5.41, 5.74) is 7.07. The van der Waals surface area contributed by atoms with E-state index in [-0.39, 0.29) is 5.91 Å². The molecule has 0 atom stereocenters. The Kier molecular flexibility index (Phi) is 5.78. The highest BCUT2D eigenvalue weighted by Gasteiger charge is 2.01. The number of hydrogen-bond donors (Lipinski definition) is 2. The van der Waals surface area contributed by atoms with Gasteiger partial charge in [-0.15, -0.1) is 0 Å². The summed E-state index contributed by atoms with van der Waals surface area (Å²) < 4.78 is 0. The molecule has 0 saturated carbocycles. The molecule has 16 heavy (non-hydrogen) atoms. The Morgan fingerprint density at radius 2 is 2.06 bits per heavy atom. The zero-order valence-electron chi connectivity index (χ0n) is 9.53. The summed E-state index contributed by atoms with van der Waals surface area (Å²) in [7, 11) is 0. The number of rotatable bonds is 6. The first-order valence-electron chi connectivity index (χ1n) is 5.45. The third kappa shape index (κ3) is 5.07. The number of thioether (sulfide) groups is 1. The van der Waals surface area contributed by atoms with Crippen LogP contribution in [-0.2, 0) is 4.79 Å². The molecule has 0 fully saturated rings. The van der Waals surface area contributed by atoms with Gasteiger partial charge in [-0.1, -0.05) is 6.92 Å². The fourth-order valence-electron chi connectivity index (χ4n) is 1.27. The minimum atomic E-state index is 0.0708. The van der Waals surface area contributed by atoms with Gasteiger partial charge in [0.15, 0.2) is 0 Å². The van der Waals surface area contributed by atoms with E-state index in [0.29, 0.717) is 12.1 Å². The molecule has 1 amide bonds. The summed E-state index contributed by atoms with van der Waals surface area (Å²) >= 11 is 1.86. The predicted molar refractivity (Wildman–Crippen MR) is 71.7 cm³/mol. The summed E-state index contributed by atoms with van der Waals surface area (Å²) in [5.74, 6) is 2.23. The van der Waals surface area contributed by atoms with Crippen LogP contribution in [0.2, 0.25) is 0 Å². The maximum absolute atomic E-state index is 11.5. The second-order valence-corrected chi connectivity index (χ2v) is 4.86. The Morgan fingerprint density at radius 3 is 2.69 bits per heavy atom. The summed E-state index contributed by atoms with van der Waals surface area (Å²) in [6.45, 7) is 2.12. The molecule has 0 saturated heterocycles. The van der Waals surface area contributed by atoms with Crippen LogP contribution >= 0.6 is 11.8 Å². The van der Waals surface area contributed by atoms with E-state index in [1.807, 2.05) is 23.9 Å². The normalized spacial score (nSPS) is 10.1. The number of nitrogen functional groups attached to an aromatic ring is 1. The second kappa shape index (κ2) is 7.17. The van der Waals surface area contributed by atoms with Crippen LogP contribution in [0.3, 0.4) is 0 Å². The van der Waals surface area contributed by atoms with Gasteiger partial charge in [0.2, 0.25) is 5.91 Å². The first-order chi connectivity index (χ1) is 7.72. The minimum absolute atomic E-state index is 0.0708. The number of hydrogen-bond acceptors (Lipinski definition) is 3. The Balaban J connectivity index is 2.26. The van der Waals surface area contributed by atoms with Crippen molar-refractivity contribution in [2.75, 3.05) is 22.6 Å². The van der Waals surface area contributed by atoms with Crippen molar-refractivity contribution in [1.29, 1.82) is 0 Å². The van der Waals surface area contributed by atoms with E-state index >= 15 is 0 Å². The monoisotopic (exact) mass is 238 g/mol. The highest BCUT2D eigenvalue weighted by molar-refractivity contribution is 7.99. The first kappa shape index (κ1) is 12.9. The van der Waals surface area contributed by atoms with Crippen LogP contribution in [0.1, 0.15) is 19.8 Å². The molecule has 0 unspecified atom stereocenters. The Bertz CT molecular complexity index is 324. The van der Waals surface area contributed by atoms with Gasteiger partial charge >= 0.3 is 0 Å². The van der Waals surface area contributed by atoms with Crippen molar-refractivity contribution in [2.45, 2.75) is 19.8 Å². The molecular weight excluding hydrogens is 220 g/mol. The summed E-state index contributed by atoms with van der Waals surface area (Å²) in [6, 6.07) is 7.19. The van der Waals surface area contributed by atoms with Gasteiger partial charge in [0.05, 0.1) is 0 Å². The van der Waals surface area contributed by atoms with Gasteiger partial charge < -0.3 is 11.1 Å². The molecule has 0 spiro atoms. The third-order valence-corrected chi connectivity index (χ3v) is 3.08. The van der Waals surface area contributed by atoms with Crippen LogP contribution in [-0.4, -0.2) is 17.4 Å². The van der Waals surface area contributed by atoms with Crippen molar-refractivity contribution < 1.29 is 4.79 Å². The first-order valence-corrected chi connectivity index (χ1v) is 6.61. The highest BCUT2D eigenvalue weighted by atomic mass is 32.2. The molecule has 0 bridgehead atoms. The molecule has 0 aliphatic heterocycles. The van der Waals surface area contributed by atoms with Crippen LogP contribution in [0, 0.1) is 0 Å². The minimum Gasteiger partial charge on any atom is -0.399 e. The molecule has 0 aromatic heterocycles. The van der Waals surface area contributed by atoms with Gasteiger partial charge in [-0.25, -0.2) is 0 Å². The number of nitrogens with one attached hydrogen (secondary N) is 1. The van der Waals surface area contributed by atoms with Gasteiger partial charge in [0.1, 0.15) is 0 Å². The van der Waals surface area contributed by atoms with Crippen molar-refractivity contribution in [3.63, 3.8) is 0 Å². The number of amides is 1. The number of carbonyl (C=O) groups excluding carboxylic acids is 1. The molecule has 0 radical (unpaired) electrons. The molecule has 4 heteroatoms. The van der Waals surface area contributed by atoms with Crippen molar-refractivity contribution >= 4 is 29.0 Å². The Morgan fingerprint density at radius 1 is 1.38 bits per heavy atom. The molecule has 1 aromatic rings. The number of benzene rings is 1. The molecule has 0 heterocycles. The summed E-state index contributed by atoms with van der Waals surface area (Å²) in [6.07, 6.45) is 1.51. The Hall–Kier alpha value is -1.16. The molecule has 0 aliphatic rings. The van der Waals surface area contributed by atoms with Crippen LogP contribution in [0.15, 0.2) is 24.3 Å².